The summed E-state index contributed by atoms with van der Waals surface area (Å²) in [6.45, 7) is 8.65. The van der Waals surface area contributed by atoms with Gasteiger partial charge in [0.25, 0.3) is 0 Å². The van der Waals surface area contributed by atoms with Crippen LogP contribution in [0.15, 0.2) is 0 Å². The number of hydrogen-bond donors (Lipinski definition) is 1. The third-order valence-corrected chi connectivity index (χ3v) is 5.26. The molecule has 1 N–H and O–H groups in total. The minimum atomic E-state index is 0.805. The fourth-order valence-electron chi connectivity index (χ4n) is 3.70. The average molecular weight is 238 g/mol. The van der Waals surface area contributed by atoms with E-state index in [2.05, 4.69) is 31.1 Å². The van der Waals surface area contributed by atoms with E-state index < -0.39 is 0 Å². The highest BCUT2D eigenvalue weighted by Crippen LogP contribution is 2.34. The van der Waals surface area contributed by atoms with E-state index in [1.807, 2.05) is 0 Å². The molecule has 1 saturated carbocycles. The Kier molecular flexibility index (Phi) is 4.87. The lowest BCUT2D eigenvalue weighted by Gasteiger charge is -2.30. The van der Waals surface area contributed by atoms with Gasteiger partial charge in [0.2, 0.25) is 0 Å². The van der Waals surface area contributed by atoms with E-state index in [9.17, 15) is 0 Å². The van der Waals surface area contributed by atoms with Crippen LogP contribution in [0, 0.1) is 17.8 Å². The molecule has 0 bridgehead atoms. The maximum atomic E-state index is 3.86. The molecule has 0 radical (unpaired) electrons. The summed E-state index contributed by atoms with van der Waals surface area (Å²) < 4.78 is 0. The first-order valence-corrected chi connectivity index (χ1v) is 7.62. The molecule has 3 unspecified atom stereocenters. The highest BCUT2D eigenvalue weighted by atomic mass is 15.1. The predicted molar refractivity (Wildman–Crippen MR) is 74.2 cm³/mol. The number of rotatable bonds is 4. The molecule has 3 atom stereocenters. The Morgan fingerprint density at radius 2 is 1.82 bits per heavy atom. The summed E-state index contributed by atoms with van der Waals surface area (Å²) in [5.74, 6) is 2.80. The van der Waals surface area contributed by atoms with Crippen molar-refractivity contribution in [1.82, 2.24) is 10.2 Å². The molecule has 0 aromatic rings. The Balaban J connectivity index is 1.68. The molecule has 0 aromatic carbocycles. The van der Waals surface area contributed by atoms with E-state index in [4.69, 9.17) is 0 Å². The first kappa shape index (κ1) is 13.4. The fourth-order valence-corrected chi connectivity index (χ4v) is 3.70. The molecule has 2 rings (SSSR count). The molecule has 2 heteroatoms. The van der Waals surface area contributed by atoms with E-state index in [0.717, 1.165) is 23.8 Å². The minimum absolute atomic E-state index is 0.805. The van der Waals surface area contributed by atoms with Gasteiger partial charge in [0, 0.05) is 6.04 Å². The normalized spacial score (nSPS) is 36.5. The van der Waals surface area contributed by atoms with Gasteiger partial charge >= 0.3 is 0 Å². The molecule has 1 aliphatic carbocycles. The fraction of sp³-hybridized carbons (Fsp3) is 1.00. The van der Waals surface area contributed by atoms with E-state index in [1.54, 1.807) is 0 Å². The number of likely N-dealkylation sites (tertiary alicyclic amines) is 1. The summed E-state index contributed by atoms with van der Waals surface area (Å²) in [4.78, 5) is 2.46. The largest absolute Gasteiger partial charge is 0.313 e. The van der Waals surface area contributed by atoms with Crippen molar-refractivity contribution in [1.29, 1.82) is 0 Å². The Hall–Kier alpha value is -0.0800. The third-order valence-electron chi connectivity index (χ3n) is 5.26. The van der Waals surface area contributed by atoms with E-state index in [1.165, 1.54) is 51.7 Å². The maximum Gasteiger partial charge on any atom is 0.00955 e. The summed E-state index contributed by atoms with van der Waals surface area (Å²) >= 11 is 0. The lowest BCUT2D eigenvalue weighted by Crippen LogP contribution is -2.40. The van der Waals surface area contributed by atoms with Gasteiger partial charge in [-0.2, -0.15) is 0 Å². The van der Waals surface area contributed by atoms with Crippen LogP contribution in [0.4, 0.5) is 0 Å². The molecule has 0 aromatic heterocycles. The molecule has 1 heterocycles. The van der Waals surface area contributed by atoms with Crippen LogP contribution in [0.3, 0.4) is 0 Å². The monoisotopic (exact) mass is 238 g/mol. The molecule has 1 aliphatic heterocycles. The summed E-state index contributed by atoms with van der Waals surface area (Å²) in [5.41, 5.74) is 0. The second-order valence-electron chi connectivity index (χ2n) is 6.37. The molecule has 17 heavy (non-hydrogen) atoms. The number of nitrogens with zero attached hydrogens (tertiary/aromatic N) is 1. The van der Waals surface area contributed by atoms with Crippen LogP contribution in [-0.4, -0.2) is 37.6 Å². The van der Waals surface area contributed by atoms with Crippen LogP contribution < -0.4 is 5.32 Å². The second-order valence-corrected chi connectivity index (χ2v) is 6.37. The molecule has 2 fully saturated rings. The standard InChI is InChI=1S/C15H30N2/c1-4-14-5-6-15(12(14)2)16-11-13-7-9-17(3)10-8-13/h12-16H,4-11H2,1-3H3. The lowest BCUT2D eigenvalue weighted by atomic mass is 9.92. The number of piperidine rings is 1. The second kappa shape index (κ2) is 6.19. The van der Waals surface area contributed by atoms with E-state index in [-0.39, 0.29) is 0 Å². The van der Waals surface area contributed by atoms with Crippen molar-refractivity contribution in [2.24, 2.45) is 17.8 Å². The summed E-state index contributed by atoms with van der Waals surface area (Å²) in [7, 11) is 2.24. The highest BCUT2D eigenvalue weighted by molar-refractivity contribution is 4.87. The van der Waals surface area contributed by atoms with Gasteiger partial charge in [-0.3, -0.25) is 0 Å². The number of hydrogen-bond acceptors (Lipinski definition) is 2. The van der Waals surface area contributed by atoms with Gasteiger partial charge in [-0.15, -0.1) is 0 Å². The molecule has 1 saturated heterocycles. The van der Waals surface area contributed by atoms with Crippen LogP contribution in [0.1, 0.15) is 46.0 Å². The average Bonchev–Trinajstić information content (AvgIpc) is 2.69. The molecule has 2 nitrogen and oxygen atoms in total. The van der Waals surface area contributed by atoms with Gasteiger partial charge < -0.3 is 10.2 Å². The zero-order chi connectivity index (χ0) is 12.3. The van der Waals surface area contributed by atoms with Gasteiger partial charge in [-0.25, -0.2) is 0 Å². The molecular weight excluding hydrogens is 208 g/mol. The van der Waals surface area contributed by atoms with E-state index in [0.29, 0.717) is 0 Å². The van der Waals surface area contributed by atoms with E-state index >= 15 is 0 Å². The summed E-state index contributed by atoms with van der Waals surface area (Å²) in [5, 5.41) is 3.86. The van der Waals surface area contributed by atoms with Crippen LogP contribution >= 0.6 is 0 Å². The molecule has 100 valence electrons. The maximum absolute atomic E-state index is 3.86. The topological polar surface area (TPSA) is 15.3 Å². The van der Waals surface area contributed by atoms with Crippen molar-refractivity contribution in [3.8, 4) is 0 Å². The predicted octanol–water partition coefficient (Wildman–Crippen LogP) is 2.74. The molecule has 0 spiro atoms. The summed E-state index contributed by atoms with van der Waals surface area (Å²) in [6.07, 6.45) is 7.01. The first-order chi connectivity index (χ1) is 8.20. The van der Waals surface area contributed by atoms with Crippen LogP contribution in [0.25, 0.3) is 0 Å². The third kappa shape index (κ3) is 3.45. The van der Waals surface area contributed by atoms with Gasteiger partial charge in [-0.1, -0.05) is 20.3 Å². The number of nitrogens with one attached hydrogen (secondary N) is 1. The van der Waals surface area contributed by atoms with Crippen molar-refractivity contribution < 1.29 is 0 Å². The van der Waals surface area contributed by atoms with Crippen molar-refractivity contribution in [2.75, 3.05) is 26.7 Å². The smallest absolute Gasteiger partial charge is 0.00955 e. The SMILES string of the molecule is CCC1CCC(NCC2CCN(C)CC2)C1C. The van der Waals surface area contributed by atoms with Crippen LogP contribution in [-0.2, 0) is 0 Å². The minimum Gasteiger partial charge on any atom is -0.313 e. The zero-order valence-electron chi connectivity index (χ0n) is 11.9. The first-order valence-electron chi connectivity index (χ1n) is 7.62. The van der Waals surface area contributed by atoms with Crippen molar-refractivity contribution in [3.05, 3.63) is 0 Å². The molecule has 2 aliphatic rings. The highest BCUT2D eigenvalue weighted by Gasteiger charge is 2.31. The van der Waals surface area contributed by atoms with Gasteiger partial charge in [0.15, 0.2) is 0 Å². The Labute approximate surface area is 107 Å². The van der Waals surface area contributed by atoms with Crippen molar-refractivity contribution >= 4 is 0 Å². The van der Waals surface area contributed by atoms with Gasteiger partial charge in [0.05, 0.1) is 0 Å². The van der Waals surface area contributed by atoms with Gasteiger partial charge in [0.1, 0.15) is 0 Å². The Morgan fingerprint density at radius 3 is 2.41 bits per heavy atom. The molecule has 0 amide bonds. The Morgan fingerprint density at radius 1 is 1.12 bits per heavy atom. The quantitative estimate of drug-likeness (QED) is 0.810. The summed E-state index contributed by atoms with van der Waals surface area (Å²) in [6, 6.07) is 0.805. The van der Waals surface area contributed by atoms with Crippen molar-refractivity contribution in [3.63, 3.8) is 0 Å². The lowest BCUT2D eigenvalue weighted by molar-refractivity contribution is 0.208. The van der Waals surface area contributed by atoms with Crippen molar-refractivity contribution in [2.45, 2.75) is 52.0 Å². The van der Waals surface area contributed by atoms with Crippen LogP contribution in [0.2, 0.25) is 0 Å². The Bertz CT molecular complexity index is 221. The van der Waals surface area contributed by atoms with Gasteiger partial charge in [-0.05, 0) is 70.1 Å². The van der Waals surface area contributed by atoms with Crippen LogP contribution in [0.5, 0.6) is 0 Å². The zero-order valence-corrected chi connectivity index (χ0v) is 11.9. The molecular formula is C15H30N2.